The number of nitrogens with one attached hydrogen (secondary N) is 1. The number of hydrogen-bond donors (Lipinski definition) is 1. The molecule has 0 spiro atoms. The standard InChI is InChI=1S/C14H20BrNO2S/c1-14(2,3)18-13(17)9-19-12-7-11(15)6-5-10(12)8-16-4/h5-7,16H,8-9H2,1-4H3. The number of carbonyl (C=O) groups excluding carboxylic acids is 1. The Morgan fingerprint density at radius 2 is 2.11 bits per heavy atom. The molecule has 0 fully saturated rings. The Kier molecular flexibility index (Phi) is 6.36. The molecule has 0 heterocycles. The van der Waals surface area contributed by atoms with Crippen LogP contribution in [0.25, 0.3) is 0 Å². The second kappa shape index (κ2) is 7.31. The van der Waals surface area contributed by atoms with Crippen molar-refractivity contribution in [2.75, 3.05) is 12.8 Å². The van der Waals surface area contributed by atoms with E-state index in [1.165, 1.54) is 17.3 Å². The van der Waals surface area contributed by atoms with E-state index in [0.717, 1.165) is 15.9 Å². The molecule has 0 aliphatic rings. The molecule has 1 aromatic carbocycles. The molecule has 1 aromatic rings. The first kappa shape index (κ1) is 16.5. The molecule has 0 aliphatic heterocycles. The molecule has 19 heavy (non-hydrogen) atoms. The van der Waals surface area contributed by atoms with E-state index in [0.29, 0.717) is 5.75 Å². The molecule has 3 nitrogen and oxygen atoms in total. The fourth-order valence-electron chi connectivity index (χ4n) is 1.51. The maximum Gasteiger partial charge on any atom is 0.316 e. The summed E-state index contributed by atoms with van der Waals surface area (Å²) in [5.74, 6) is 0.137. The highest BCUT2D eigenvalue weighted by Gasteiger charge is 2.16. The van der Waals surface area contributed by atoms with Gasteiger partial charge in [-0.25, -0.2) is 0 Å². The Morgan fingerprint density at radius 3 is 2.68 bits per heavy atom. The number of rotatable bonds is 5. The van der Waals surface area contributed by atoms with Crippen molar-refractivity contribution < 1.29 is 9.53 Å². The minimum atomic E-state index is -0.428. The number of ether oxygens (including phenoxy) is 1. The Labute approximate surface area is 127 Å². The molecule has 106 valence electrons. The summed E-state index contributed by atoms with van der Waals surface area (Å²) >= 11 is 4.96. The maximum absolute atomic E-state index is 11.7. The molecule has 0 saturated heterocycles. The lowest BCUT2D eigenvalue weighted by molar-refractivity contribution is -0.151. The first-order chi connectivity index (χ1) is 8.81. The molecule has 0 radical (unpaired) electrons. The molecule has 0 bridgehead atoms. The van der Waals surface area contributed by atoms with Crippen LogP contribution in [0.1, 0.15) is 26.3 Å². The zero-order valence-electron chi connectivity index (χ0n) is 11.7. The normalized spacial score (nSPS) is 11.4. The molecular weight excluding hydrogens is 326 g/mol. The van der Waals surface area contributed by atoms with Crippen LogP contribution in [-0.4, -0.2) is 24.4 Å². The fraction of sp³-hybridized carbons (Fsp3) is 0.500. The third kappa shape index (κ3) is 6.45. The van der Waals surface area contributed by atoms with Gasteiger partial charge in [-0.3, -0.25) is 4.79 Å². The number of esters is 1. The average Bonchev–Trinajstić information content (AvgIpc) is 2.27. The van der Waals surface area contributed by atoms with Crippen LogP contribution < -0.4 is 5.32 Å². The molecule has 0 atom stereocenters. The largest absolute Gasteiger partial charge is 0.459 e. The van der Waals surface area contributed by atoms with Crippen molar-refractivity contribution in [1.29, 1.82) is 0 Å². The van der Waals surface area contributed by atoms with Gasteiger partial charge in [0.25, 0.3) is 0 Å². The van der Waals surface area contributed by atoms with E-state index in [4.69, 9.17) is 4.74 Å². The highest BCUT2D eigenvalue weighted by atomic mass is 79.9. The van der Waals surface area contributed by atoms with Gasteiger partial charge in [0.15, 0.2) is 0 Å². The van der Waals surface area contributed by atoms with Gasteiger partial charge in [-0.15, -0.1) is 11.8 Å². The molecule has 0 unspecified atom stereocenters. The Hall–Kier alpha value is -0.520. The smallest absolute Gasteiger partial charge is 0.316 e. The molecule has 0 saturated carbocycles. The summed E-state index contributed by atoms with van der Waals surface area (Å²) in [5.41, 5.74) is 0.752. The fourth-order valence-corrected chi connectivity index (χ4v) is 2.89. The van der Waals surface area contributed by atoms with Crippen LogP contribution in [0.15, 0.2) is 27.6 Å². The van der Waals surface area contributed by atoms with Crippen molar-refractivity contribution >= 4 is 33.7 Å². The highest BCUT2D eigenvalue weighted by molar-refractivity contribution is 9.10. The lowest BCUT2D eigenvalue weighted by Gasteiger charge is -2.19. The van der Waals surface area contributed by atoms with Crippen LogP contribution >= 0.6 is 27.7 Å². The third-order valence-electron chi connectivity index (χ3n) is 2.16. The Morgan fingerprint density at radius 1 is 1.42 bits per heavy atom. The lowest BCUT2D eigenvalue weighted by atomic mass is 10.2. The predicted octanol–water partition coefficient (Wildman–Crippen LogP) is 3.60. The zero-order chi connectivity index (χ0) is 14.5. The maximum atomic E-state index is 11.7. The second-order valence-corrected chi connectivity index (χ2v) is 7.09. The molecule has 1 rings (SSSR count). The van der Waals surface area contributed by atoms with Crippen LogP contribution in [0.4, 0.5) is 0 Å². The molecule has 5 heteroatoms. The van der Waals surface area contributed by atoms with E-state index in [-0.39, 0.29) is 5.97 Å². The summed E-state index contributed by atoms with van der Waals surface area (Å²) in [5, 5.41) is 3.12. The van der Waals surface area contributed by atoms with Crippen molar-refractivity contribution in [3.63, 3.8) is 0 Å². The number of halogens is 1. The minimum absolute atomic E-state index is 0.187. The molecule has 0 amide bonds. The summed E-state index contributed by atoms with van der Waals surface area (Å²) in [6.07, 6.45) is 0. The van der Waals surface area contributed by atoms with Crippen molar-refractivity contribution in [1.82, 2.24) is 5.32 Å². The van der Waals surface area contributed by atoms with Gasteiger partial charge in [0.05, 0.1) is 5.75 Å². The van der Waals surface area contributed by atoms with Gasteiger partial charge in [-0.05, 0) is 45.5 Å². The van der Waals surface area contributed by atoms with Crippen molar-refractivity contribution in [3.05, 3.63) is 28.2 Å². The SMILES string of the molecule is CNCc1ccc(Br)cc1SCC(=O)OC(C)(C)C. The van der Waals surface area contributed by atoms with Gasteiger partial charge < -0.3 is 10.1 Å². The molecule has 0 aromatic heterocycles. The van der Waals surface area contributed by atoms with Crippen LogP contribution in [0.3, 0.4) is 0 Å². The average molecular weight is 346 g/mol. The lowest BCUT2D eigenvalue weighted by Crippen LogP contribution is -2.24. The van der Waals surface area contributed by atoms with E-state index < -0.39 is 5.60 Å². The van der Waals surface area contributed by atoms with Crippen molar-refractivity contribution in [2.45, 2.75) is 37.8 Å². The third-order valence-corrected chi connectivity index (χ3v) is 3.73. The van der Waals surface area contributed by atoms with E-state index in [1.807, 2.05) is 40.0 Å². The second-order valence-electron chi connectivity index (χ2n) is 5.16. The molecule has 1 N–H and O–H groups in total. The predicted molar refractivity (Wildman–Crippen MR) is 83.5 cm³/mol. The highest BCUT2D eigenvalue weighted by Crippen LogP contribution is 2.27. The van der Waals surface area contributed by atoms with Gasteiger partial charge >= 0.3 is 5.97 Å². The van der Waals surface area contributed by atoms with Gasteiger partial charge in [0.1, 0.15) is 5.60 Å². The van der Waals surface area contributed by atoms with E-state index in [1.54, 1.807) is 0 Å². The topological polar surface area (TPSA) is 38.3 Å². The Bertz CT molecular complexity index is 444. The summed E-state index contributed by atoms with van der Waals surface area (Å²) in [6.45, 7) is 6.41. The van der Waals surface area contributed by atoms with E-state index in [2.05, 4.69) is 27.3 Å². The van der Waals surface area contributed by atoms with Crippen LogP contribution in [0, 0.1) is 0 Å². The minimum Gasteiger partial charge on any atom is -0.459 e. The van der Waals surface area contributed by atoms with Gasteiger partial charge in [-0.2, -0.15) is 0 Å². The molecule has 0 aliphatic carbocycles. The zero-order valence-corrected chi connectivity index (χ0v) is 14.2. The van der Waals surface area contributed by atoms with E-state index >= 15 is 0 Å². The summed E-state index contributed by atoms with van der Waals surface area (Å²) in [4.78, 5) is 12.8. The van der Waals surface area contributed by atoms with Gasteiger partial charge in [-0.1, -0.05) is 22.0 Å². The first-order valence-electron chi connectivity index (χ1n) is 6.09. The van der Waals surface area contributed by atoms with Gasteiger partial charge in [0.2, 0.25) is 0 Å². The summed E-state index contributed by atoms with van der Waals surface area (Å²) < 4.78 is 6.32. The number of carbonyl (C=O) groups is 1. The summed E-state index contributed by atoms with van der Waals surface area (Å²) in [6, 6.07) is 6.09. The molecular formula is C14H20BrNO2S. The van der Waals surface area contributed by atoms with E-state index in [9.17, 15) is 4.79 Å². The van der Waals surface area contributed by atoms with Gasteiger partial charge in [0, 0.05) is 15.9 Å². The van der Waals surface area contributed by atoms with Crippen LogP contribution in [0.5, 0.6) is 0 Å². The summed E-state index contributed by atoms with van der Waals surface area (Å²) in [7, 11) is 1.91. The number of benzene rings is 1. The monoisotopic (exact) mass is 345 g/mol. The first-order valence-corrected chi connectivity index (χ1v) is 7.87. The van der Waals surface area contributed by atoms with Crippen molar-refractivity contribution in [2.24, 2.45) is 0 Å². The number of thioether (sulfide) groups is 1. The Balaban J connectivity index is 2.66. The van der Waals surface area contributed by atoms with Crippen LogP contribution in [-0.2, 0) is 16.1 Å². The quantitative estimate of drug-likeness (QED) is 0.653. The number of hydrogen-bond acceptors (Lipinski definition) is 4. The van der Waals surface area contributed by atoms with Crippen LogP contribution in [0.2, 0.25) is 0 Å². The van der Waals surface area contributed by atoms with Crippen molar-refractivity contribution in [3.8, 4) is 0 Å².